The van der Waals surface area contributed by atoms with E-state index in [9.17, 15) is 23.1 Å². The number of carboxylic acids is 1. The smallest absolute Gasteiger partial charge is 0.337 e. The SMILES string of the molecule is C#CCNC(=O)C1CCN(S(=O)(=O)c2ccccc2C(=O)O)CC1. The third kappa shape index (κ3) is 3.75. The van der Waals surface area contributed by atoms with Gasteiger partial charge in [-0.3, -0.25) is 4.79 Å². The summed E-state index contributed by atoms with van der Waals surface area (Å²) in [4.78, 5) is 22.9. The molecule has 1 heterocycles. The van der Waals surface area contributed by atoms with Crippen molar-refractivity contribution in [3.8, 4) is 12.3 Å². The lowest BCUT2D eigenvalue weighted by atomic mass is 9.97. The third-order valence-electron chi connectivity index (χ3n) is 3.92. The van der Waals surface area contributed by atoms with E-state index in [1.54, 1.807) is 0 Å². The second kappa shape index (κ2) is 7.47. The van der Waals surface area contributed by atoms with E-state index in [2.05, 4.69) is 11.2 Å². The average Bonchev–Trinajstić information content (AvgIpc) is 2.59. The van der Waals surface area contributed by atoms with Crippen molar-refractivity contribution in [3.05, 3.63) is 29.8 Å². The second-order valence-electron chi connectivity index (χ2n) is 5.40. The highest BCUT2D eigenvalue weighted by atomic mass is 32.2. The van der Waals surface area contributed by atoms with Crippen LogP contribution in [0.2, 0.25) is 0 Å². The van der Waals surface area contributed by atoms with Gasteiger partial charge in [0.05, 0.1) is 17.0 Å². The standard InChI is InChI=1S/C16H18N2O5S/c1-2-9-17-15(19)12-7-10-18(11-8-12)24(22,23)14-6-4-3-5-13(14)16(20)21/h1,3-6,12H,7-11H2,(H,17,19)(H,20,21). The molecule has 7 nitrogen and oxygen atoms in total. The predicted molar refractivity (Wildman–Crippen MR) is 86.7 cm³/mol. The molecule has 0 bridgehead atoms. The van der Waals surface area contributed by atoms with Gasteiger partial charge in [0.1, 0.15) is 0 Å². The van der Waals surface area contributed by atoms with Gasteiger partial charge in [0.25, 0.3) is 0 Å². The Balaban J connectivity index is 2.13. The Labute approximate surface area is 140 Å². The lowest BCUT2D eigenvalue weighted by Gasteiger charge is -2.30. The number of aromatic carboxylic acids is 1. The molecule has 2 rings (SSSR count). The number of amides is 1. The van der Waals surface area contributed by atoms with E-state index in [-0.39, 0.29) is 41.9 Å². The molecule has 2 N–H and O–H groups in total. The molecule has 1 aliphatic heterocycles. The highest BCUT2D eigenvalue weighted by Crippen LogP contribution is 2.26. The number of rotatable bonds is 5. The molecule has 1 aromatic rings. The van der Waals surface area contributed by atoms with Crippen molar-refractivity contribution in [3.63, 3.8) is 0 Å². The topological polar surface area (TPSA) is 104 Å². The molecule has 8 heteroatoms. The van der Waals surface area contributed by atoms with Crippen LogP contribution in [0.4, 0.5) is 0 Å². The third-order valence-corrected chi connectivity index (χ3v) is 5.88. The molecule has 128 valence electrons. The van der Waals surface area contributed by atoms with Gasteiger partial charge in [-0.05, 0) is 25.0 Å². The van der Waals surface area contributed by atoms with Crippen LogP contribution in [0.3, 0.4) is 0 Å². The van der Waals surface area contributed by atoms with Crippen LogP contribution >= 0.6 is 0 Å². The fourth-order valence-corrected chi connectivity index (χ4v) is 4.30. The minimum atomic E-state index is -3.92. The summed E-state index contributed by atoms with van der Waals surface area (Å²) in [5.74, 6) is 0.545. The Hall–Kier alpha value is -2.37. The van der Waals surface area contributed by atoms with Gasteiger partial charge < -0.3 is 10.4 Å². The fraction of sp³-hybridized carbons (Fsp3) is 0.375. The van der Waals surface area contributed by atoms with Gasteiger partial charge >= 0.3 is 5.97 Å². The number of benzene rings is 1. The molecule has 0 unspecified atom stereocenters. The van der Waals surface area contributed by atoms with Crippen molar-refractivity contribution in [2.45, 2.75) is 17.7 Å². The zero-order valence-electron chi connectivity index (χ0n) is 12.9. The molecule has 0 aliphatic carbocycles. The van der Waals surface area contributed by atoms with E-state index in [0.29, 0.717) is 12.8 Å². The van der Waals surface area contributed by atoms with Gasteiger partial charge in [-0.25, -0.2) is 13.2 Å². The van der Waals surface area contributed by atoms with Crippen LogP contribution in [0, 0.1) is 18.3 Å². The highest BCUT2D eigenvalue weighted by Gasteiger charge is 2.33. The van der Waals surface area contributed by atoms with Crippen molar-refractivity contribution in [1.82, 2.24) is 9.62 Å². The summed E-state index contributed by atoms with van der Waals surface area (Å²) in [5.41, 5.74) is -0.258. The maximum atomic E-state index is 12.7. The Morgan fingerprint density at radius 1 is 1.29 bits per heavy atom. The van der Waals surface area contributed by atoms with Crippen LogP contribution in [0.25, 0.3) is 0 Å². The zero-order chi connectivity index (χ0) is 17.7. The van der Waals surface area contributed by atoms with E-state index < -0.39 is 16.0 Å². The summed E-state index contributed by atoms with van der Waals surface area (Å²) in [6.07, 6.45) is 5.82. The number of carboxylic acid groups (broad SMARTS) is 1. The highest BCUT2D eigenvalue weighted by molar-refractivity contribution is 7.89. The van der Waals surface area contributed by atoms with Crippen molar-refractivity contribution >= 4 is 21.9 Å². The first kappa shape index (κ1) is 18.0. The molecule has 1 aliphatic rings. The van der Waals surface area contributed by atoms with Crippen molar-refractivity contribution in [2.75, 3.05) is 19.6 Å². The average molecular weight is 350 g/mol. The van der Waals surface area contributed by atoms with E-state index in [0.717, 1.165) is 0 Å². The molecule has 0 aromatic heterocycles. The Bertz CT molecular complexity index is 774. The van der Waals surface area contributed by atoms with Gasteiger partial charge in [-0.2, -0.15) is 4.31 Å². The van der Waals surface area contributed by atoms with Crippen molar-refractivity contribution < 1.29 is 23.1 Å². The van der Waals surface area contributed by atoms with Gasteiger partial charge in [0.15, 0.2) is 0 Å². The van der Waals surface area contributed by atoms with Gasteiger partial charge in [0.2, 0.25) is 15.9 Å². The summed E-state index contributed by atoms with van der Waals surface area (Å²) in [5, 5.41) is 11.8. The number of hydrogen-bond donors (Lipinski definition) is 2. The van der Waals surface area contributed by atoms with Gasteiger partial charge in [-0.1, -0.05) is 18.1 Å². The number of nitrogens with zero attached hydrogens (tertiary/aromatic N) is 1. The number of carbonyl (C=O) groups is 2. The first-order valence-corrected chi connectivity index (χ1v) is 8.85. The molecule has 1 fully saturated rings. The van der Waals surface area contributed by atoms with E-state index in [1.165, 1.54) is 28.6 Å². The fourth-order valence-electron chi connectivity index (χ4n) is 2.65. The number of nitrogens with one attached hydrogen (secondary N) is 1. The van der Waals surface area contributed by atoms with Gasteiger partial charge in [0, 0.05) is 19.0 Å². The summed E-state index contributed by atoms with van der Waals surface area (Å²) >= 11 is 0. The summed E-state index contributed by atoms with van der Waals surface area (Å²) in [6, 6.07) is 5.50. The van der Waals surface area contributed by atoms with E-state index in [1.807, 2.05) is 0 Å². The van der Waals surface area contributed by atoms with Crippen molar-refractivity contribution in [1.29, 1.82) is 0 Å². The summed E-state index contributed by atoms with van der Waals surface area (Å²) < 4.78 is 26.6. The molecule has 0 saturated carbocycles. The number of terminal acetylenes is 1. The largest absolute Gasteiger partial charge is 0.478 e. The lowest BCUT2D eigenvalue weighted by Crippen LogP contribution is -2.43. The molecule has 1 aromatic carbocycles. The molecular formula is C16H18N2O5S. The Morgan fingerprint density at radius 2 is 1.92 bits per heavy atom. The molecule has 0 atom stereocenters. The minimum Gasteiger partial charge on any atom is -0.478 e. The van der Waals surface area contributed by atoms with E-state index >= 15 is 0 Å². The van der Waals surface area contributed by atoms with Gasteiger partial charge in [-0.15, -0.1) is 6.42 Å². The quantitative estimate of drug-likeness (QED) is 0.754. The van der Waals surface area contributed by atoms with Crippen LogP contribution in [-0.2, 0) is 14.8 Å². The molecule has 0 radical (unpaired) electrons. The Kier molecular flexibility index (Phi) is 5.59. The predicted octanol–water partition coefficient (Wildman–Crippen LogP) is 0.535. The Morgan fingerprint density at radius 3 is 2.50 bits per heavy atom. The van der Waals surface area contributed by atoms with Crippen molar-refractivity contribution in [2.24, 2.45) is 5.92 Å². The lowest BCUT2D eigenvalue weighted by molar-refractivity contribution is -0.125. The summed E-state index contributed by atoms with van der Waals surface area (Å²) in [6.45, 7) is 0.457. The first-order chi connectivity index (χ1) is 11.4. The van der Waals surface area contributed by atoms with Crippen LogP contribution < -0.4 is 5.32 Å². The minimum absolute atomic E-state index is 0.142. The monoisotopic (exact) mass is 350 g/mol. The van der Waals surface area contributed by atoms with Crippen LogP contribution in [0.1, 0.15) is 23.2 Å². The van der Waals surface area contributed by atoms with Crippen LogP contribution in [0.5, 0.6) is 0 Å². The van der Waals surface area contributed by atoms with Crippen LogP contribution in [-0.4, -0.2) is 49.3 Å². The molecule has 24 heavy (non-hydrogen) atoms. The molecular weight excluding hydrogens is 332 g/mol. The maximum absolute atomic E-state index is 12.7. The van der Waals surface area contributed by atoms with E-state index in [4.69, 9.17) is 6.42 Å². The van der Waals surface area contributed by atoms with Crippen LogP contribution in [0.15, 0.2) is 29.2 Å². The number of piperidine rings is 1. The molecule has 0 spiro atoms. The number of sulfonamides is 1. The first-order valence-electron chi connectivity index (χ1n) is 7.41. The molecule has 1 amide bonds. The number of hydrogen-bond acceptors (Lipinski definition) is 4. The normalized spacial score (nSPS) is 16.3. The maximum Gasteiger partial charge on any atom is 0.337 e. The number of carbonyl (C=O) groups excluding carboxylic acids is 1. The summed E-state index contributed by atoms with van der Waals surface area (Å²) in [7, 11) is -3.92. The molecule has 1 saturated heterocycles. The second-order valence-corrected chi connectivity index (χ2v) is 7.31. The zero-order valence-corrected chi connectivity index (χ0v) is 13.8.